The van der Waals surface area contributed by atoms with Gasteiger partial charge in [0.2, 0.25) is 0 Å². The summed E-state index contributed by atoms with van der Waals surface area (Å²) in [5, 5.41) is 1.19. The van der Waals surface area contributed by atoms with Gasteiger partial charge in [0.1, 0.15) is 0 Å². The Kier molecular flexibility index (Phi) is 3.73. The molecular weight excluding hydrogens is 387 g/mol. The number of hydrogen-bond acceptors (Lipinski definition) is 3. The van der Waals surface area contributed by atoms with Crippen molar-refractivity contribution in [1.82, 2.24) is 4.98 Å². The van der Waals surface area contributed by atoms with Crippen molar-refractivity contribution in [2.75, 3.05) is 4.72 Å². The summed E-state index contributed by atoms with van der Waals surface area (Å²) in [6.07, 6.45) is 1.87. The number of halogens is 2. The molecule has 0 aliphatic heterocycles. The second-order valence-corrected chi connectivity index (χ2v) is 5.73. The van der Waals surface area contributed by atoms with Crippen LogP contribution in [0.5, 0.6) is 0 Å². The molecule has 1 aromatic heterocycles. The van der Waals surface area contributed by atoms with Crippen LogP contribution in [0, 0.1) is 6.92 Å². The lowest BCUT2D eigenvalue weighted by Gasteiger charge is -2.08. The molecule has 1 aromatic carbocycles. The van der Waals surface area contributed by atoms with Gasteiger partial charge in [-0.2, -0.15) is 0 Å². The van der Waals surface area contributed by atoms with E-state index in [1.807, 2.05) is 18.3 Å². The number of fused-ring (bicyclic) bond motifs is 1. The van der Waals surface area contributed by atoms with Gasteiger partial charge in [0, 0.05) is 40.2 Å². The first kappa shape index (κ1) is 11.5. The maximum Gasteiger partial charge on any atom is 0.0717 e. The molecule has 0 unspecified atom stereocenters. The van der Waals surface area contributed by atoms with E-state index in [0.717, 1.165) is 15.7 Å². The average Bonchev–Trinajstić information content (AvgIpc) is 2.22. The zero-order valence-electron chi connectivity index (χ0n) is 7.92. The number of aryl methyl sites for hydroxylation is 1. The highest BCUT2D eigenvalue weighted by atomic mass is 127. The Balaban J connectivity index is 2.63. The van der Waals surface area contributed by atoms with Crippen molar-refractivity contribution in [2.24, 2.45) is 0 Å². The Labute approximate surface area is 113 Å². The molecule has 2 rings (SSSR count). The molecule has 0 spiro atoms. The summed E-state index contributed by atoms with van der Waals surface area (Å²) in [4.78, 5) is 4.41. The quantitative estimate of drug-likeness (QED) is 0.589. The topological polar surface area (TPSA) is 24.9 Å². The number of benzene rings is 1. The van der Waals surface area contributed by atoms with Crippen molar-refractivity contribution in [3.05, 3.63) is 34.4 Å². The van der Waals surface area contributed by atoms with Crippen molar-refractivity contribution >= 4 is 62.8 Å². The predicted octanol–water partition coefficient (Wildman–Crippen LogP) is 4.72. The Morgan fingerprint density at radius 2 is 2.27 bits per heavy atom. The van der Waals surface area contributed by atoms with E-state index < -0.39 is 0 Å². The number of rotatable bonds is 2. The van der Waals surface area contributed by atoms with E-state index >= 15 is 0 Å². The van der Waals surface area contributed by atoms with E-state index in [9.17, 15) is 0 Å². The molecule has 0 aliphatic rings. The van der Waals surface area contributed by atoms with Gasteiger partial charge in [0.05, 0.1) is 17.4 Å². The fraction of sp³-hybridized carbons (Fsp3) is 0.100. The van der Waals surface area contributed by atoms with Crippen LogP contribution < -0.4 is 4.72 Å². The summed E-state index contributed by atoms with van der Waals surface area (Å²) >= 11 is 5.65. The minimum absolute atomic E-state index is 1.02. The molecule has 78 valence electrons. The SMILES string of the molecule is Cc1c(NSI)cnc2cc(Br)ccc12. The van der Waals surface area contributed by atoms with Gasteiger partial charge in [0.25, 0.3) is 0 Å². The molecule has 0 radical (unpaired) electrons. The van der Waals surface area contributed by atoms with Crippen LogP contribution in [0.4, 0.5) is 5.69 Å². The molecule has 2 aromatic rings. The molecule has 5 heteroatoms. The lowest BCUT2D eigenvalue weighted by molar-refractivity contribution is 1.37. The largest absolute Gasteiger partial charge is 0.319 e. The van der Waals surface area contributed by atoms with Crippen LogP contribution in [0.3, 0.4) is 0 Å². The molecule has 0 fully saturated rings. The summed E-state index contributed by atoms with van der Waals surface area (Å²) in [7, 11) is 1.55. The normalized spacial score (nSPS) is 10.6. The Bertz CT molecular complexity index is 504. The number of pyridine rings is 1. The predicted molar refractivity (Wildman–Crippen MR) is 79.4 cm³/mol. The average molecular weight is 395 g/mol. The molecule has 0 amide bonds. The van der Waals surface area contributed by atoms with Crippen LogP contribution in [0.1, 0.15) is 5.56 Å². The first-order chi connectivity index (χ1) is 7.22. The number of anilines is 1. The minimum Gasteiger partial charge on any atom is -0.319 e. The standard InChI is InChI=1S/C10H8BrIN2S/c1-6-8-3-2-7(11)4-9(8)13-5-10(6)14-15-12/h2-5,14H,1H3. The Morgan fingerprint density at radius 3 is 3.00 bits per heavy atom. The molecular formula is C10H8BrIN2S. The van der Waals surface area contributed by atoms with E-state index in [0.29, 0.717) is 0 Å². The second-order valence-electron chi connectivity index (χ2n) is 3.14. The van der Waals surface area contributed by atoms with Crippen molar-refractivity contribution in [3.8, 4) is 0 Å². The van der Waals surface area contributed by atoms with E-state index in [1.54, 1.807) is 9.12 Å². The van der Waals surface area contributed by atoms with Crippen molar-refractivity contribution in [2.45, 2.75) is 6.92 Å². The Morgan fingerprint density at radius 1 is 1.47 bits per heavy atom. The van der Waals surface area contributed by atoms with E-state index in [1.165, 1.54) is 10.9 Å². The van der Waals surface area contributed by atoms with Crippen molar-refractivity contribution in [3.63, 3.8) is 0 Å². The molecule has 0 atom stereocenters. The molecule has 2 nitrogen and oxygen atoms in total. The van der Waals surface area contributed by atoms with Crippen LogP contribution in [0.15, 0.2) is 28.9 Å². The molecule has 1 heterocycles. The molecule has 0 bridgehead atoms. The summed E-state index contributed by atoms with van der Waals surface area (Å²) in [6, 6.07) is 6.16. The van der Waals surface area contributed by atoms with Gasteiger partial charge in [-0.05, 0) is 24.6 Å². The van der Waals surface area contributed by atoms with Gasteiger partial charge in [-0.1, -0.05) is 22.0 Å². The first-order valence-corrected chi connectivity index (χ1v) is 8.46. The Hall–Kier alpha value is -0.0100. The molecule has 15 heavy (non-hydrogen) atoms. The number of nitrogens with one attached hydrogen (secondary N) is 1. The zero-order chi connectivity index (χ0) is 10.8. The molecule has 0 saturated carbocycles. The third kappa shape index (κ3) is 2.39. The lowest BCUT2D eigenvalue weighted by Crippen LogP contribution is -1.91. The van der Waals surface area contributed by atoms with Gasteiger partial charge in [-0.25, -0.2) is 0 Å². The van der Waals surface area contributed by atoms with E-state index in [4.69, 9.17) is 0 Å². The van der Waals surface area contributed by atoms with Crippen LogP contribution >= 0.6 is 46.3 Å². The van der Waals surface area contributed by atoms with Gasteiger partial charge in [-0.3, -0.25) is 4.98 Å². The zero-order valence-corrected chi connectivity index (χ0v) is 12.5. The van der Waals surface area contributed by atoms with Crippen molar-refractivity contribution in [1.29, 1.82) is 0 Å². The number of hydrogen-bond donors (Lipinski definition) is 1. The van der Waals surface area contributed by atoms with Crippen molar-refractivity contribution < 1.29 is 0 Å². The van der Waals surface area contributed by atoms with Crippen LogP contribution in [-0.2, 0) is 0 Å². The van der Waals surface area contributed by atoms with E-state index in [2.05, 4.69) is 59.8 Å². The summed E-state index contributed by atoms with van der Waals surface area (Å²) in [5.74, 6) is 0. The maximum absolute atomic E-state index is 4.41. The highest BCUT2D eigenvalue weighted by Gasteiger charge is 2.04. The highest BCUT2D eigenvalue weighted by molar-refractivity contribution is 14.2. The molecule has 1 N–H and O–H groups in total. The fourth-order valence-corrected chi connectivity index (χ4v) is 2.80. The van der Waals surface area contributed by atoms with Crippen LogP contribution in [0.25, 0.3) is 10.9 Å². The molecule has 0 aliphatic carbocycles. The highest BCUT2D eigenvalue weighted by Crippen LogP contribution is 2.28. The number of nitrogens with zero attached hydrogens (tertiary/aromatic N) is 1. The smallest absolute Gasteiger partial charge is 0.0717 e. The van der Waals surface area contributed by atoms with Crippen LogP contribution in [-0.4, -0.2) is 4.98 Å². The van der Waals surface area contributed by atoms with E-state index in [-0.39, 0.29) is 0 Å². The van der Waals surface area contributed by atoms with Gasteiger partial charge in [0.15, 0.2) is 0 Å². The first-order valence-electron chi connectivity index (χ1n) is 4.31. The lowest BCUT2D eigenvalue weighted by atomic mass is 10.1. The summed E-state index contributed by atoms with van der Waals surface area (Å²) in [6.45, 7) is 2.10. The molecule has 0 saturated heterocycles. The third-order valence-corrected chi connectivity index (χ3v) is 3.70. The van der Waals surface area contributed by atoms with Gasteiger partial charge >= 0.3 is 0 Å². The maximum atomic E-state index is 4.41. The third-order valence-electron chi connectivity index (χ3n) is 2.25. The minimum atomic E-state index is 1.02. The van der Waals surface area contributed by atoms with Gasteiger partial charge < -0.3 is 4.72 Å². The summed E-state index contributed by atoms with van der Waals surface area (Å²) in [5.41, 5.74) is 3.33. The fourth-order valence-electron chi connectivity index (χ4n) is 1.45. The second kappa shape index (κ2) is 4.88. The van der Waals surface area contributed by atoms with Gasteiger partial charge in [-0.15, -0.1) is 0 Å². The monoisotopic (exact) mass is 394 g/mol. The summed E-state index contributed by atoms with van der Waals surface area (Å²) < 4.78 is 4.27. The number of aromatic nitrogens is 1. The van der Waals surface area contributed by atoms with Crippen LogP contribution in [0.2, 0.25) is 0 Å².